The lowest BCUT2D eigenvalue weighted by molar-refractivity contribution is -0.120. The van der Waals surface area contributed by atoms with Crippen LogP contribution in [0.1, 0.15) is 15.9 Å². The van der Waals surface area contributed by atoms with Crippen LogP contribution in [0.2, 0.25) is 5.02 Å². The van der Waals surface area contributed by atoms with Gasteiger partial charge in [-0.05, 0) is 55.0 Å². The summed E-state index contributed by atoms with van der Waals surface area (Å²) in [7, 11) is 0. The number of aryl methyl sites for hydroxylation is 1. The standard InChI is InChI=1S/C28H24Cl2N4O3/c1-18-10-11-19(26(35)33-14-12-32(13-15-33)21-7-3-2-4-8-21)16-23(18)31-25-24(30)27(36)34(28(25)37)22-9-5-6-20(29)17-22/h2-11,16-17,31H,12-15H2,1H3. The molecule has 5 rings (SSSR count). The molecule has 9 heteroatoms. The van der Waals surface area contributed by atoms with Crippen molar-refractivity contribution in [2.24, 2.45) is 0 Å². The van der Waals surface area contributed by atoms with Gasteiger partial charge >= 0.3 is 0 Å². The fraction of sp³-hybridized carbons (Fsp3) is 0.179. The smallest absolute Gasteiger partial charge is 0.283 e. The van der Waals surface area contributed by atoms with Gasteiger partial charge in [0.2, 0.25) is 0 Å². The van der Waals surface area contributed by atoms with E-state index in [1.54, 1.807) is 36.4 Å². The number of hydrogen-bond acceptors (Lipinski definition) is 5. The van der Waals surface area contributed by atoms with E-state index in [1.165, 1.54) is 6.07 Å². The van der Waals surface area contributed by atoms with E-state index >= 15 is 0 Å². The lowest BCUT2D eigenvalue weighted by Gasteiger charge is -2.36. The van der Waals surface area contributed by atoms with E-state index in [2.05, 4.69) is 22.3 Å². The maximum Gasteiger partial charge on any atom is 0.283 e. The number of benzene rings is 3. The fourth-order valence-corrected chi connectivity index (χ4v) is 4.87. The summed E-state index contributed by atoms with van der Waals surface area (Å²) in [5.41, 5.74) is 3.23. The molecule has 7 nitrogen and oxygen atoms in total. The molecular formula is C28H24Cl2N4O3. The third-order valence-electron chi connectivity index (χ3n) is 6.53. The largest absolute Gasteiger partial charge is 0.368 e. The summed E-state index contributed by atoms with van der Waals surface area (Å²) in [6, 6.07) is 21.8. The SMILES string of the molecule is Cc1ccc(C(=O)N2CCN(c3ccccc3)CC2)cc1NC1=C(Cl)C(=O)N(c2cccc(Cl)c2)C1=O. The quantitative estimate of drug-likeness (QED) is 0.464. The zero-order valence-corrected chi connectivity index (χ0v) is 21.6. The van der Waals surface area contributed by atoms with Crippen molar-refractivity contribution < 1.29 is 14.4 Å². The van der Waals surface area contributed by atoms with Crippen molar-refractivity contribution in [1.29, 1.82) is 0 Å². The Hall–Kier alpha value is -3.81. The van der Waals surface area contributed by atoms with Crippen LogP contribution in [0.5, 0.6) is 0 Å². The monoisotopic (exact) mass is 534 g/mol. The molecule has 0 aliphatic carbocycles. The molecule has 0 unspecified atom stereocenters. The van der Waals surface area contributed by atoms with E-state index < -0.39 is 11.8 Å². The van der Waals surface area contributed by atoms with Crippen LogP contribution in [-0.4, -0.2) is 48.8 Å². The van der Waals surface area contributed by atoms with Gasteiger partial charge in [0, 0.05) is 48.1 Å². The molecule has 0 radical (unpaired) electrons. The Labute approximate surface area is 224 Å². The molecule has 2 aliphatic rings. The summed E-state index contributed by atoms with van der Waals surface area (Å²) in [5, 5.41) is 3.17. The molecule has 0 spiro atoms. The molecule has 37 heavy (non-hydrogen) atoms. The number of piperazine rings is 1. The van der Waals surface area contributed by atoms with E-state index in [9.17, 15) is 14.4 Å². The number of carbonyl (C=O) groups excluding carboxylic acids is 3. The average Bonchev–Trinajstić information content (AvgIpc) is 3.13. The Morgan fingerprint density at radius 1 is 0.811 bits per heavy atom. The molecule has 0 aromatic heterocycles. The Bertz CT molecular complexity index is 1420. The normalized spacial score (nSPS) is 16.0. The van der Waals surface area contributed by atoms with Crippen LogP contribution in [0.15, 0.2) is 83.5 Å². The van der Waals surface area contributed by atoms with E-state index in [-0.39, 0.29) is 16.6 Å². The van der Waals surface area contributed by atoms with Crippen LogP contribution in [0.25, 0.3) is 0 Å². The Balaban J connectivity index is 1.32. The van der Waals surface area contributed by atoms with Gasteiger partial charge in [0.15, 0.2) is 0 Å². The first-order valence-corrected chi connectivity index (χ1v) is 12.6. The summed E-state index contributed by atoms with van der Waals surface area (Å²) in [4.78, 5) is 44.3. The highest BCUT2D eigenvalue weighted by Gasteiger charge is 2.39. The number of nitrogens with zero attached hydrogens (tertiary/aromatic N) is 3. The highest BCUT2D eigenvalue weighted by atomic mass is 35.5. The maximum absolute atomic E-state index is 13.3. The molecule has 1 N–H and O–H groups in total. The predicted octanol–water partition coefficient (Wildman–Crippen LogP) is 5.05. The zero-order valence-electron chi connectivity index (χ0n) is 20.1. The average molecular weight is 535 g/mol. The van der Waals surface area contributed by atoms with Gasteiger partial charge in [-0.15, -0.1) is 0 Å². The Morgan fingerprint density at radius 2 is 1.51 bits per heavy atom. The molecule has 3 amide bonds. The first-order chi connectivity index (χ1) is 17.8. The summed E-state index contributed by atoms with van der Waals surface area (Å²) >= 11 is 12.3. The van der Waals surface area contributed by atoms with Crippen molar-refractivity contribution in [1.82, 2.24) is 4.90 Å². The van der Waals surface area contributed by atoms with Crippen LogP contribution in [0.4, 0.5) is 17.1 Å². The lowest BCUT2D eigenvalue weighted by Crippen LogP contribution is -2.48. The molecule has 2 heterocycles. The summed E-state index contributed by atoms with van der Waals surface area (Å²) in [5.74, 6) is -1.33. The van der Waals surface area contributed by atoms with Gasteiger partial charge in [-0.1, -0.05) is 53.5 Å². The van der Waals surface area contributed by atoms with Crippen LogP contribution >= 0.6 is 23.2 Å². The number of nitrogens with one attached hydrogen (secondary N) is 1. The molecule has 1 saturated heterocycles. The first-order valence-electron chi connectivity index (χ1n) is 11.8. The number of imide groups is 1. The number of anilines is 3. The van der Waals surface area contributed by atoms with E-state index in [4.69, 9.17) is 23.2 Å². The maximum atomic E-state index is 13.3. The molecule has 188 valence electrons. The van der Waals surface area contributed by atoms with Crippen molar-refractivity contribution in [3.05, 3.63) is 99.7 Å². The molecule has 3 aromatic rings. The fourth-order valence-electron chi connectivity index (χ4n) is 4.47. The van der Waals surface area contributed by atoms with Gasteiger partial charge in [-0.25, -0.2) is 4.90 Å². The highest BCUT2D eigenvalue weighted by molar-refractivity contribution is 6.53. The van der Waals surface area contributed by atoms with Gasteiger partial charge in [0.05, 0.1) is 5.69 Å². The summed E-state index contributed by atoms with van der Waals surface area (Å²) in [6.07, 6.45) is 0. The molecular weight excluding hydrogens is 511 g/mol. The molecule has 3 aromatic carbocycles. The predicted molar refractivity (Wildman–Crippen MR) is 146 cm³/mol. The zero-order chi connectivity index (χ0) is 26.1. The number of halogens is 2. The van der Waals surface area contributed by atoms with E-state index in [1.807, 2.05) is 30.0 Å². The van der Waals surface area contributed by atoms with Crippen LogP contribution < -0.4 is 15.1 Å². The van der Waals surface area contributed by atoms with Gasteiger partial charge in [-0.3, -0.25) is 14.4 Å². The molecule has 1 fully saturated rings. The van der Waals surface area contributed by atoms with Gasteiger partial charge in [-0.2, -0.15) is 0 Å². The highest BCUT2D eigenvalue weighted by Crippen LogP contribution is 2.32. The van der Waals surface area contributed by atoms with Gasteiger partial charge < -0.3 is 15.1 Å². The van der Waals surface area contributed by atoms with Gasteiger partial charge in [0.1, 0.15) is 10.7 Å². The number of hydrogen-bond donors (Lipinski definition) is 1. The van der Waals surface area contributed by atoms with Gasteiger partial charge in [0.25, 0.3) is 17.7 Å². The second-order valence-corrected chi connectivity index (χ2v) is 9.70. The molecule has 0 bridgehead atoms. The topological polar surface area (TPSA) is 73.0 Å². The third kappa shape index (κ3) is 4.92. The second-order valence-electron chi connectivity index (χ2n) is 8.88. The van der Waals surface area contributed by atoms with Crippen molar-refractivity contribution in [3.8, 4) is 0 Å². The minimum Gasteiger partial charge on any atom is -0.368 e. The summed E-state index contributed by atoms with van der Waals surface area (Å²) < 4.78 is 0. The van der Waals surface area contributed by atoms with E-state index in [0.29, 0.717) is 35.1 Å². The number of para-hydroxylation sites is 1. The number of carbonyl (C=O) groups is 3. The minimum absolute atomic E-state index is 0.0455. The molecule has 0 saturated carbocycles. The minimum atomic E-state index is -0.641. The molecule has 2 aliphatic heterocycles. The van der Waals surface area contributed by atoms with Crippen molar-refractivity contribution in [3.63, 3.8) is 0 Å². The Kier molecular flexibility index (Phi) is 6.91. The van der Waals surface area contributed by atoms with Crippen LogP contribution in [0.3, 0.4) is 0 Å². The Morgan fingerprint density at radius 3 is 2.22 bits per heavy atom. The second kappa shape index (κ2) is 10.3. The van der Waals surface area contributed by atoms with Crippen LogP contribution in [0, 0.1) is 6.92 Å². The van der Waals surface area contributed by atoms with Crippen molar-refractivity contribution in [2.45, 2.75) is 6.92 Å². The number of amides is 3. The van der Waals surface area contributed by atoms with Crippen molar-refractivity contribution in [2.75, 3.05) is 41.3 Å². The van der Waals surface area contributed by atoms with E-state index in [0.717, 1.165) is 29.2 Å². The number of rotatable bonds is 5. The third-order valence-corrected chi connectivity index (χ3v) is 7.11. The molecule has 0 atom stereocenters. The first kappa shape index (κ1) is 24.9. The summed E-state index contributed by atoms with van der Waals surface area (Å²) in [6.45, 7) is 4.53. The van der Waals surface area contributed by atoms with Crippen LogP contribution in [-0.2, 0) is 9.59 Å². The lowest BCUT2D eigenvalue weighted by atomic mass is 10.1. The van der Waals surface area contributed by atoms with Crippen molar-refractivity contribution >= 4 is 58.0 Å².